The second-order valence-electron chi connectivity index (χ2n) is 9.41. The van der Waals surface area contributed by atoms with E-state index in [-0.39, 0.29) is 53.5 Å². The topological polar surface area (TPSA) is 117 Å². The number of nitrogens with one attached hydrogen (secondary N) is 1. The van der Waals surface area contributed by atoms with Crippen LogP contribution < -0.4 is 15.0 Å². The number of nitrogens with zero attached hydrogens (tertiary/aromatic N) is 4. The number of hydrogen-bond donors (Lipinski definition) is 1. The molecule has 1 aliphatic heterocycles. The molecule has 1 saturated carbocycles. The van der Waals surface area contributed by atoms with Crippen molar-refractivity contribution in [1.29, 1.82) is 5.26 Å². The third kappa shape index (κ3) is 5.25. The summed E-state index contributed by atoms with van der Waals surface area (Å²) in [6.07, 6.45) is 3.89. The number of benzene rings is 2. The lowest BCUT2D eigenvalue weighted by Crippen LogP contribution is -2.34. The molecule has 0 unspecified atom stereocenters. The molecule has 0 radical (unpaired) electrons. The zero-order valence-electron chi connectivity index (χ0n) is 20.1. The van der Waals surface area contributed by atoms with Gasteiger partial charge in [0.15, 0.2) is 11.6 Å². The molecule has 0 bridgehead atoms. The molecule has 1 N–H and O–H groups in total. The Hall–Kier alpha value is -3.08. The van der Waals surface area contributed by atoms with E-state index < -0.39 is 27.9 Å². The van der Waals surface area contributed by atoms with Crippen LogP contribution in [0.3, 0.4) is 0 Å². The largest absolute Gasteiger partial charge is 0.453 e. The molecule has 1 atom stereocenters. The number of halogens is 3. The standard InChI is InChI=1S/C25H24BrF2N5O4S/c26-15-1-3-17(4-2-15)33-14-30-22-7-5-18(11-19(22)25(33)34)37-24-20(12-29)23(8-6-21(24)28)31-38(35,36)32-10-9-16(27)13-32/h5-8,11,14-17,31H,1-4,9-10,13H2/t15?,16-,17?/m1/s1. The van der Waals surface area contributed by atoms with Crippen LogP contribution in [0.15, 0.2) is 41.5 Å². The van der Waals surface area contributed by atoms with Gasteiger partial charge in [0, 0.05) is 24.0 Å². The van der Waals surface area contributed by atoms with E-state index in [4.69, 9.17) is 4.74 Å². The third-order valence-corrected chi connectivity index (χ3v) is 9.29. The summed E-state index contributed by atoms with van der Waals surface area (Å²) >= 11 is 3.62. The van der Waals surface area contributed by atoms with Crippen LogP contribution in [0.2, 0.25) is 0 Å². The Labute approximate surface area is 226 Å². The van der Waals surface area contributed by atoms with E-state index in [1.54, 1.807) is 23.0 Å². The Morgan fingerprint density at radius 3 is 2.61 bits per heavy atom. The van der Waals surface area contributed by atoms with Gasteiger partial charge in [-0.05, 0) is 62.4 Å². The van der Waals surface area contributed by atoms with Crippen LogP contribution in [-0.4, -0.2) is 46.4 Å². The molecule has 2 heterocycles. The minimum atomic E-state index is -4.18. The fourth-order valence-corrected chi connectivity index (χ4v) is 6.64. The molecule has 3 aromatic rings. The molecular weight excluding hydrogens is 584 g/mol. The van der Waals surface area contributed by atoms with Crippen molar-refractivity contribution in [3.63, 3.8) is 0 Å². The van der Waals surface area contributed by atoms with Gasteiger partial charge < -0.3 is 4.74 Å². The molecule has 1 aliphatic carbocycles. The first-order valence-electron chi connectivity index (χ1n) is 12.1. The molecule has 2 aliphatic rings. The summed E-state index contributed by atoms with van der Waals surface area (Å²) in [6, 6.07) is 8.35. The summed E-state index contributed by atoms with van der Waals surface area (Å²) in [5, 5.41) is 10.0. The van der Waals surface area contributed by atoms with E-state index in [1.165, 1.54) is 12.1 Å². The number of nitriles is 1. The van der Waals surface area contributed by atoms with Crippen molar-refractivity contribution >= 4 is 42.7 Å². The van der Waals surface area contributed by atoms with E-state index in [1.807, 2.05) is 0 Å². The summed E-state index contributed by atoms with van der Waals surface area (Å²) in [7, 11) is -4.18. The number of aromatic nitrogens is 2. The van der Waals surface area contributed by atoms with E-state index in [9.17, 15) is 27.3 Å². The molecule has 1 saturated heterocycles. The molecule has 2 aromatic carbocycles. The second-order valence-corrected chi connectivity index (χ2v) is 12.4. The van der Waals surface area contributed by atoms with Crippen molar-refractivity contribution in [3.8, 4) is 17.6 Å². The predicted octanol–water partition coefficient (Wildman–Crippen LogP) is 4.78. The SMILES string of the molecule is N#Cc1c(NS(=O)(=O)N2CC[C@@H](F)C2)ccc(F)c1Oc1ccc2ncn(C3CCC(Br)CC3)c(=O)c2c1. The van der Waals surface area contributed by atoms with Crippen molar-refractivity contribution in [2.45, 2.75) is 49.1 Å². The maximum atomic E-state index is 14.8. The van der Waals surface area contributed by atoms with Crippen molar-refractivity contribution in [2.24, 2.45) is 0 Å². The van der Waals surface area contributed by atoms with Crippen molar-refractivity contribution in [3.05, 3.63) is 58.4 Å². The first-order chi connectivity index (χ1) is 18.2. The number of alkyl halides is 2. The van der Waals surface area contributed by atoms with Gasteiger partial charge in [0.1, 0.15) is 23.6 Å². The molecular formula is C25H24BrF2N5O4S. The maximum absolute atomic E-state index is 14.8. The van der Waals surface area contributed by atoms with E-state index in [2.05, 4.69) is 25.6 Å². The Kier molecular flexibility index (Phi) is 7.39. The molecule has 38 heavy (non-hydrogen) atoms. The highest BCUT2D eigenvalue weighted by molar-refractivity contribution is 9.09. The fraction of sp³-hybridized carbons (Fsp3) is 0.400. The highest BCUT2D eigenvalue weighted by Crippen LogP contribution is 2.35. The number of anilines is 1. The lowest BCUT2D eigenvalue weighted by atomic mass is 9.95. The average Bonchev–Trinajstić information content (AvgIpc) is 3.34. The van der Waals surface area contributed by atoms with Gasteiger partial charge in [0.2, 0.25) is 0 Å². The monoisotopic (exact) mass is 607 g/mol. The van der Waals surface area contributed by atoms with E-state index >= 15 is 0 Å². The van der Waals surface area contributed by atoms with Crippen molar-refractivity contribution in [1.82, 2.24) is 13.9 Å². The van der Waals surface area contributed by atoms with Crippen molar-refractivity contribution < 1.29 is 21.9 Å². The number of ether oxygens (including phenoxy) is 1. The molecule has 200 valence electrons. The molecule has 9 nitrogen and oxygen atoms in total. The van der Waals surface area contributed by atoms with Gasteiger partial charge in [-0.2, -0.15) is 18.0 Å². The average molecular weight is 608 g/mol. The minimum Gasteiger partial charge on any atom is -0.453 e. The number of hydrogen-bond acceptors (Lipinski definition) is 6. The fourth-order valence-electron chi connectivity index (χ4n) is 4.83. The van der Waals surface area contributed by atoms with Gasteiger partial charge in [-0.1, -0.05) is 15.9 Å². The zero-order chi connectivity index (χ0) is 27.0. The first kappa shape index (κ1) is 26.5. The highest BCUT2D eigenvalue weighted by Gasteiger charge is 2.32. The molecule has 1 aromatic heterocycles. The Balaban J connectivity index is 1.46. The van der Waals surface area contributed by atoms with Gasteiger partial charge in [-0.25, -0.2) is 13.8 Å². The van der Waals surface area contributed by atoms with Gasteiger partial charge in [-0.3, -0.25) is 14.1 Å². The molecule has 13 heteroatoms. The summed E-state index contributed by atoms with van der Waals surface area (Å²) in [5.74, 6) is -1.32. The number of rotatable bonds is 6. The van der Waals surface area contributed by atoms with Gasteiger partial charge >= 0.3 is 10.2 Å². The second kappa shape index (κ2) is 10.6. The van der Waals surface area contributed by atoms with Crippen LogP contribution in [0, 0.1) is 17.1 Å². The van der Waals surface area contributed by atoms with Crippen LogP contribution in [0.5, 0.6) is 11.5 Å². The first-order valence-corrected chi connectivity index (χ1v) is 14.5. The van der Waals surface area contributed by atoms with Crippen LogP contribution in [0.25, 0.3) is 10.9 Å². The van der Waals surface area contributed by atoms with Gasteiger partial charge in [-0.15, -0.1) is 0 Å². The van der Waals surface area contributed by atoms with Gasteiger partial charge in [0.05, 0.1) is 22.9 Å². The lowest BCUT2D eigenvalue weighted by Gasteiger charge is -2.26. The Bertz CT molecular complexity index is 1590. The van der Waals surface area contributed by atoms with Gasteiger partial charge in [0.25, 0.3) is 5.56 Å². The van der Waals surface area contributed by atoms with Crippen molar-refractivity contribution in [2.75, 3.05) is 17.8 Å². The Morgan fingerprint density at radius 1 is 1.16 bits per heavy atom. The van der Waals surface area contributed by atoms with Crippen LogP contribution >= 0.6 is 15.9 Å². The normalized spacial score (nSPS) is 22.3. The zero-order valence-corrected chi connectivity index (χ0v) is 22.5. The molecule has 0 amide bonds. The van der Waals surface area contributed by atoms with Crippen LogP contribution in [0.1, 0.15) is 43.7 Å². The molecule has 5 rings (SSSR count). The molecule has 0 spiro atoms. The summed E-state index contributed by atoms with van der Waals surface area (Å²) in [5.41, 5.74) is -0.414. The minimum absolute atomic E-state index is 0.0108. The summed E-state index contributed by atoms with van der Waals surface area (Å²) in [6.45, 7) is -0.314. The van der Waals surface area contributed by atoms with Crippen LogP contribution in [-0.2, 0) is 10.2 Å². The lowest BCUT2D eigenvalue weighted by molar-refractivity contribution is 0.343. The Morgan fingerprint density at radius 2 is 1.92 bits per heavy atom. The predicted molar refractivity (Wildman–Crippen MR) is 141 cm³/mol. The highest BCUT2D eigenvalue weighted by atomic mass is 79.9. The van der Waals surface area contributed by atoms with E-state index in [0.29, 0.717) is 10.3 Å². The third-order valence-electron chi connectivity index (χ3n) is 6.89. The maximum Gasteiger partial charge on any atom is 0.301 e. The molecule has 2 fully saturated rings. The van der Waals surface area contributed by atoms with E-state index in [0.717, 1.165) is 42.1 Å². The quantitative estimate of drug-likeness (QED) is 0.403. The number of fused-ring (bicyclic) bond motifs is 1. The summed E-state index contributed by atoms with van der Waals surface area (Å²) in [4.78, 5) is 18.1. The smallest absolute Gasteiger partial charge is 0.301 e. The van der Waals surface area contributed by atoms with Crippen LogP contribution in [0.4, 0.5) is 14.5 Å². The summed E-state index contributed by atoms with van der Waals surface area (Å²) < 4.78 is 64.2.